The first-order valence-electron chi connectivity index (χ1n) is 5.54. The van der Waals surface area contributed by atoms with Gasteiger partial charge in [0.2, 0.25) is 5.91 Å². The van der Waals surface area contributed by atoms with E-state index in [9.17, 15) is 9.59 Å². The summed E-state index contributed by atoms with van der Waals surface area (Å²) in [5.74, 6) is 0.168. The monoisotopic (exact) mass is 251 g/mol. The fourth-order valence-corrected chi connectivity index (χ4v) is 2.30. The first-order valence-corrected chi connectivity index (χ1v) is 6.07. The highest BCUT2D eigenvalue weighted by molar-refractivity contribution is 6.30. The Morgan fingerprint density at radius 2 is 2.24 bits per heavy atom. The van der Waals surface area contributed by atoms with Crippen LogP contribution in [0.4, 0.5) is 5.69 Å². The van der Waals surface area contributed by atoms with E-state index in [1.54, 1.807) is 18.0 Å². The highest BCUT2D eigenvalue weighted by Crippen LogP contribution is 2.35. The number of benzene rings is 1. The first-order chi connectivity index (χ1) is 8.04. The van der Waals surface area contributed by atoms with Gasteiger partial charge in [0.25, 0.3) is 0 Å². The molecule has 1 atom stereocenters. The van der Waals surface area contributed by atoms with Crippen molar-refractivity contribution in [3.63, 3.8) is 0 Å². The van der Waals surface area contributed by atoms with Crippen LogP contribution in [0, 0.1) is 0 Å². The van der Waals surface area contributed by atoms with Gasteiger partial charge in [-0.1, -0.05) is 6.92 Å². The quantitative estimate of drug-likeness (QED) is 0.599. The number of rotatable bonds is 2. The molecule has 0 spiro atoms. The van der Waals surface area contributed by atoms with E-state index in [2.05, 4.69) is 0 Å². The number of fused-ring (bicyclic) bond motifs is 1. The lowest BCUT2D eigenvalue weighted by atomic mass is 9.89. The number of carbonyl (C=O) groups excluding carboxylic acids is 2. The van der Waals surface area contributed by atoms with Crippen molar-refractivity contribution in [1.82, 2.24) is 0 Å². The van der Waals surface area contributed by atoms with E-state index in [0.29, 0.717) is 12.0 Å². The van der Waals surface area contributed by atoms with Gasteiger partial charge in [-0.05, 0) is 29.7 Å². The van der Waals surface area contributed by atoms with Crippen LogP contribution in [-0.2, 0) is 4.79 Å². The molecule has 0 bridgehead atoms. The van der Waals surface area contributed by atoms with Crippen molar-refractivity contribution < 1.29 is 9.59 Å². The zero-order valence-electron chi connectivity index (χ0n) is 9.87. The molecule has 1 heterocycles. The van der Waals surface area contributed by atoms with Crippen LogP contribution in [0.15, 0.2) is 18.2 Å². The molecule has 0 saturated carbocycles. The minimum absolute atomic E-state index is 0.0120. The van der Waals surface area contributed by atoms with E-state index < -0.39 is 0 Å². The Labute approximate surface area is 105 Å². The predicted octanol–water partition coefficient (Wildman–Crippen LogP) is 2.58. The van der Waals surface area contributed by atoms with E-state index in [0.717, 1.165) is 11.3 Å². The van der Waals surface area contributed by atoms with Crippen molar-refractivity contribution in [2.45, 2.75) is 19.3 Å². The smallest absolute Gasteiger partial charge is 0.227 e. The van der Waals surface area contributed by atoms with E-state index in [1.165, 1.54) is 0 Å². The Balaban J connectivity index is 2.48. The summed E-state index contributed by atoms with van der Waals surface area (Å²) >= 11 is 5.54. The van der Waals surface area contributed by atoms with Crippen LogP contribution in [0.25, 0.3) is 0 Å². The summed E-state index contributed by atoms with van der Waals surface area (Å²) in [5.41, 5.74) is 2.55. The molecular formula is C13H14ClNO2. The van der Waals surface area contributed by atoms with Crippen molar-refractivity contribution in [2.24, 2.45) is 0 Å². The lowest BCUT2D eigenvalue weighted by molar-refractivity contribution is -0.119. The average Bonchev–Trinajstić information content (AvgIpc) is 2.34. The lowest BCUT2D eigenvalue weighted by Gasteiger charge is -2.30. The van der Waals surface area contributed by atoms with Crippen molar-refractivity contribution in [3.8, 4) is 0 Å². The number of alkyl halides is 1. The molecule has 0 saturated heterocycles. The molecule has 2 rings (SSSR count). The van der Waals surface area contributed by atoms with Crippen LogP contribution in [0.1, 0.15) is 35.2 Å². The zero-order chi connectivity index (χ0) is 12.6. The standard InChI is InChI=1S/C13H14ClNO2/c1-8-5-13(17)15(2)11-4-3-9(6-10(8)11)12(16)7-14/h3-4,6,8H,5,7H2,1-2H3. The first kappa shape index (κ1) is 12.1. The van der Waals surface area contributed by atoms with Crippen LogP contribution in [0.3, 0.4) is 0 Å². The molecule has 1 amide bonds. The summed E-state index contributed by atoms with van der Waals surface area (Å²) in [5, 5.41) is 0. The number of carbonyl (C=O) groups is 2. The van der Waals surface area contributed by atoms with Gasteiger partial charge in [-0.25, -0.2) is 0 Å². The molecule has 17 heavy (non-hydrogen) atoms. The minimum atomic E-state index is -0.0822. The number of amides is 1. The van der Waals surface area contributed by atoms with Gasteiger partial charge in [-0.3, -0.25) is 9.59 Å². The second kappa shape index (κ2) is 4.49. The average molecular weight is 252 g/mol. The van der Waals surface area contributed by atoms with Crippen LogP contribution in [0.2, 0.25) is 0 Å². The topological polar surface area (TPSA) is 37.4 Å². The zero-order valence-corrected chi connectivity index (χ0v) is 10.6. The third kappa shape index (κ3) is 2.07. The Morgan fingerprint density at radius 3 is 2.88 bits per heavy atom. The summed E-state index contributed by atoms with van der Waals surface area (Å²) in [6, 6.07) is 5.40. The summed E-state index contributed by atoms with van der Waals surface area (Å²) in [7, 11) is 1.76. The molecule has 1 aromatic carbocycles. The highest BCUT2D eigenvalue weighted by atomic mass is 35.5. The molecule has 0 aromatic heterocycles. The highest BCUT2D eigenvalue weighted by Gasteiger charge is 2.26. The van der Waals surface area contributed by atoms with Gasteiger partial charge in [0.15, 0.2) is 5.78 Å². The van der Waals surface area contributed by atoms with Gasteiger partial charge in [0, 0.05) is 24.7 Å². The van der Waals surface area contributed by atoms with Crippen LogP contribution >= 0.6 is 11.6 Å². The lowest BCUT2D eigenvalue weighted by Crippen LogP contribution is -2.32. The largest absolute Gasteiger partial charge is 0.315 e. The number of halogens is 1. The Kier molecular flexibility index (Phi) is 3.20. The molecule has 3 nitrogen and oxygen atoms in total. The van der Waals surface area contributed by atoms with Gasteiger partial charge in [-0.2, -0.15) is 0 Å². The SMILES string of the molecule is CC1CC(=O)N(C)c2ccc(C(=O)CCl)cc21. The molecule has 4 heteroatoms. The maximum atomic E-state index is 11.7. The van der Waals surface area contributed by atoms with E-state index >= 15 is 0 Å². The normalized spacial score (nSPS) is 19.1. The predicted molar refractivity (Wildman–Crippen MR) is 67.9 cm³/mol. The fraction of sp³-hybridized carbons (Fsp3) is 0.385. The third-order valence-electron chi connectivity index (χ3n) is 3.22. The van der Waals surface area contributed by atoms with Gasteiger partial charge < -0.3 is 4.90 Å². The maximum Gasteiger partial charge on any atom is 0.227 e. The fourth-order valence-electron chi connectivity index (χ4n) is 2.15. The molecule has 0 aliphatic carbocycles. The molecule has 0 radical (unpaired) electrons. The molecule has 1 aromatic rings. The van der Waals surface area contributed by atoms with Crippen molar-refractivity contribution in [3.05, 3.63) is 29.3 Å². The van der Waals surface area contributed by atoms with E-state index in [-0.39, 0.29) is 23.5 Å². The van der Waals surface area contributed by atoms with E-state index in [1.807, 2.05) is 19.1 Å². The van der Waals surface area contributed by atoms with Gasteiger partial charge in [0.1, 0.15) is 0 Å². The minimum Gasteiger partial charge on any atom is -0.315 e. The molecule has 1 unspecified atom stereocenters. The second-order valence-electron chi connectivity index (χ2n) is 4.39. The maximum absolute atomic E-state index is 11.7. The van der Waals surface area contributed by atoms with E-state index in [4.69, 9.17) is 11.6 Å². The third-order valence-corrected chi connectivity index (χ3v) is 3.46. The van der Waals surface area contributed by atoms with Crippen LogP contribution < -0.4 is 4.90 Å². The summed E-state index contributed by atoms with van der Waals surface area (Å²) < 4.78 is 0. The Morgan fingerprint density at radius 1 is 1.53 bits per heavy atom. The van der Waals surface area contributed by atoms with Crippen molar-refractivity contribution in [1.29, 1.82) is 0 Å². The Bertz CT molecular complexity index is 484. The van der Waals surface area contributed by atoms with Gasteiger partial charge in [0.05, 0.1) is 5.88 Å². The number of anilines is 1. The van der Waals surface area contributed by atoms with Crippen LogP contribution in [-0.4, -0.2) is 24.6 Å². The summed E-state index contributed by atoms with van der Waals surface area (Å²) in [6.07, 6.45) is 0.488. The van der Waals surface area contributed by atoms with Crippen LogP contribution in [0.5, 0.6) is 0 Å². The number of nitrogens with zero attached hydrogens (tertiary/aromatic N) is 1. The van der Waals surface area contributed by atoms with Crippen molar-refractivity contribution >= 4 is 29.0 Å². The van der Waals surface area contributed by atoms with Crippen molar-refractivity contribution in [2.75, 3.05) is 17.8 Å². The molecule has 0 fully saturated rings. The number of ketones is 1. The molecular weight excluding hydrogens is 238 g/mol. The molecule has 90 valence electrons. The number of hydrogen-bond acceptors (Lipinski definition) is 2. The second-order valence-corrected chi connectivity index (χ2v) is 4.66. The van der Waals surface area contributed by atoms with Gasteiger partial charge >= 0.3 is 0 Å². The molecule has 1 aliphatic rings. The summed E-state index contributed by atoms with van der Waals surface area (Å²) in [4.78, 5) is 24.9. The Hall–Kier alpha value is -1.35. The van der Waals surface area contributed by atoms with Gasteiger partial charge in [-0.15, -0.1) is 11.6 Å². The summed E-state index contributed by atoms with van der Waals surface area (Å²) in [6.45, 7) is 2.00. The number of Topliss-reactive ketones (excluding diaryl/α,β-unsaturated/α-hetero) is 1. The number of hydrogen-bond donors (Lipinski definition) is 0. The molecule has 0 N–H and O–H groups in total. The molecule has 1 aliphatic heterocycles.